The van der Waals surface area contributed by atoms with Gasteiger partial charge in [-0.3, -0.25) is 5.32 Å². The summed E-state index contributed by atoms with van der Waals surface area (Å²) in [6.45, 7) is 17.4. The van der Waals surface area contributed by atoms with Gasteiger partial charge in [-0.1, -0.05) is 53.7 Å². The number of aliphatic hydroxyl groups is 1. The number of carbonyl (C=O) groups is 1. The molecule has 0 bridgehead atoms. The molecule has 39 heavy (non-hydrogen) atoms. The number of hydrogen-bond donors (Lipinski definition) is 2. The van der Waals surface area contributed by atoms with Crippen molar-refractivity contribution in [1.29, 1.82) is 0 Å². The summed E-state index contributed by atoms with van der Waals surface area (Å²) >= 11 is 4.58. The minimum atomic E-state index is -0.838. The first kappa shape index (κ1) is 29.6. The second kappa shape index (κ2) is 11.6. The molecule has 10 heteroatoms. The molecule has 1 aromatic carbocycles. The highest BCUT2D eigenvalue weighted by Crippen LogP contribution is 2.46. The standard InChI is InChI=1S/C29H37N3O4S3/c1-9-35-22(33)14-16-13-20(37-25(16)28(3,4)5)17-11-12-18(24-23(17)31-39-32-24)21-15-19(30-27(34)36-10-2)26(38-21)29(6,7)8/h11-13,15,22,33H,9-10,14H2,1-8H3,(H,30,34). The summed E-state index contributed by atoms with van der Waals surface area (Å²) in [6.07, 6.45) is -0.856. The number of fused-ring (bicyclic) bond motifs is 1. The molecule has 4 aromatic rings. The minimum absolute atomic E-state index is 0.0772. The van der Waals surface area contributed by atoms with E-state index in [-0.39, 0.29) is 10.8 Å². The second-order valence-electron chi connectivity index (χ2n) is 11.4. The zero-order valence-electron chi connectivity index (χ0n) is 23.8. The Morgan fingerprint density at radius 1 is 0.923 bits per heavy atom. The van der Waals surface area contributed by atoms with E-state index in [0.29, 0.717) is 19.6 Å². The molecule has 3 heterocycles. The molecule has 1 amide bonds. The van der Waals surface area contributed by atoms with Crippen molar-refractivity contribution < 1.29 is 19.4 Å². The molecular formula is C29H37N3O4S3. The van der Waals surface area contributed by atoms with Gasteiger partial charge in [0.25, 0.3) is 0 Å². The lowest BCUT2D eigenvalue weighted by Gasteiger charge is -2.20. The van der Waals surface area contributed by atoms with Crippen molar-refractivity contribution >= 4 is 57.2 Å². The van der Waals surface area contributed by atoms with Crippen molar-refractivity contribution in [3.63, 3.8) is 0 Å². The number of amides is 1. The van der Waals surface area contributed by atoms with E-state index in [1.807, 2.05) is 13.0 Å². The van der Waals surface area contributed by atoms with E-state index >= 15 is 0 Å². The van der Waals surface area contributed by atoms with Gasteiger partial charge in [-0.05, 0) is 42.4 Å². The molecule has 0 radical (unpaired) electrons. The van der Waals surface area contributed by atoms with Crippen molar-refractivity contribution in [3.05, 3.63) is 39.6 Å². The van der Waals surface area contributed by atoms with Crippen LogP contribution in [-0.2, 0) is 26.7 Å². The van der Waals surface area contributed by atoms with E-state index < -0.39 is 12.4 Å². The highest BCUT2D eigenvalue weighted by atomic mass is 32.1. The molecule has 210 valence electrons. The fraction of sp³-hybridized carbons (Fsp3) is 0.483. The predicted molar refractivity (Wildman–Crippen MR) is 163 cm³/mol. The van der Waals surface area contributed by atoms with E-state index in [2.05, 4.69) is 65.1 Å². The number of nitrogens with one attached hydrogen (secondary N) is 1. The smallest absolute Gasteiger partial charge is 0.411 e. The van der Waals surface area contributed by atoms with Gasteiger partial charge in [0, 0.05) is 43.7 Å². The Kier molecular flexibility index (Phi) is 8.82. The third-order valence-electron chi connectivity index (χ3n) is 6.12. The molecule has 0 fully saturated rings. The summed E-state index contributed by atoms with van der Waals surface area (Å²) in [7, 11) is 0. The number of nitrogens with zero attached hydrogens (tertiary/aromatic N) is 2. The maximum Gasteiger partial charge on any atom is 0.411 e. The Balaban J connectivity index is 1.79. The molecule has 3 aromatic heterocycles. The summed E-state index contributed by atoms with van der Waals surface area (Å²) in [5.74, 6) is 0. The zero-order valence-corrected chi connectivity index (χ0v) is 26.2. The minimum Gasteiger partial charge on any atom is -0.450 e. The average Bonchev–Trinajstić information content (AvgIpc) is 3.56. The summed E-state index contributed by atoms with van der Waals surface area (Å²) in [5, 5.41) is 13.3. The van der Waals surface area contributed by atoms with E-state index in [1.54, 1.807) is 29.6 Å². The first-order chi connectivity index (χ1) is 18.3. The molecule has 1 unspecified atom stereocenters. The fourth-order valence-corrected chi connectivity index (χ4v) is 7.55. The highest BCUT2D eigenvalue weighted by molar-refractivity contribution is 7.16. The number of thiophene rings is 2. The van der Waals surface area contributed by atoms with Crippen LogP contribution in [0, 0.1) is 0 Å². The lowest BCUT2D eigenvalue weighted by Crippen LogP contribution is -2.18. The number of aliphatic hydroxyl groups excluding tert-OH is 1. The SMILES string of the molecule is CCOC(=O)Nc1cc(-c2ccc(-c3cc(CC(O)OCC)c(C(C)(C)C)s3)c3nsnc23)sc1C(C)(C)C. The Hall–Kier alpha value is -2.37. The number of aromatic nitrogens is 2. The van der Waals surface area contributed by atoms with E-state index in [1.165, 1.54) is 16.6 Å². The molecule has 0 spiro atoms. The maximum absolute atomic E-state index is 12.2. The third kappa shape index (κ3) is 6.52. The number of carbonyl (C=O) groups excluding carboxylic acids is 1. The van der Waals surface area contributed by atoms with Crippen LogP contribution in [0.15, 0.2) is 24.3 Å². The van der Waals surface area contributed by atoms with Crippen LogP contribution in [0.5, 0.6) is 0 Å². The van der Waals surface area contributed by atoms with Gasteiger partial charge in [-0.2, -0.15) is 8.75 Å². The van der Waals surface area contributed by atoms with Crippen LogP contribution in [-0.4, -0.2) is 39.5 Å². The third-order valence-corrected chi connectivity index (χ3v) is 9.87. The van der Waals surface area contributed by atoms with Gasteiger partial charge in [-0.15, -0.1) is 22.7 Å². The van der Waals surface area contributed by atoms with Gasteiger partial charge in [-0.25, -0.2) is 4.79 Å². The van der Waals surface area contributed by atoms with E-state index in [9.17, 15) is 9.90 Å². The van der Waals surface area contributed by atoms with Crippen LogP contribution in [0.1, 0.15) is 70.7 Å². The molecule has 2 N–H and O–H groups in total. The van der Waals surface area contributed by atoms with E-state index in [0.717, 1.165) is 48.0 Å². The normalized spacial score (nSPS) is 13.2. The van der Waals surface area contributed by atoms with Crippen LogP contribution >= 0.6 is 34.4 Å². The van der Waals surface area contributed by atoms with Crippen LogP contribution in [0.3, 0.4) is 0 Å². The van der Waals surface area contributed by atoms with Crippen LogP contribution in [0.4, 0.5) is 10.5 Å². The number of ether oxygens (including phenoxy) is 2. The molecular weight excluding hydrogens is 551 g/mol. The van der Waals surface area contributed by atoms with Crippen molar-refractivity contribution in [2.24, 2.45) is 0 Å². The Labute approximate surface area is 242 Å². The molecule has 1 atom stereocenters. The molecule has 4 rings (SSSR count). The van der Waals surface area contributed by atoms with Crippen molar-refractivity contribution in [2.45, 2.75) is 78.9 Å². The number of anilines is 1. The predicted octanol–water partition coefficient (Wildman–Crippen LogP) is 8.21. The summed E-state index contributed by atoms with van der Waals surface area (Å²) in [4.78, 5) is 16.6. The Morgan fingerprint density at radius 2 is 1.49 bits per heavy atom. The van der Waals surface area contributed by atoms with Crippen molar-refractivity contribution in [1.82, 2.24) is 8.75 Å². The van der Waals surface area contributed by atoms with Gasteiger partial charge in [0.05, 0.1) is 24.0 Å². The largest absolute Gasteiger partial charge is 0.450 e. The van der Waals surface area contributed by atoms with Gasteiger partial charge in [0.15, 0.2) is 6.29 Å². The Bertz CT molecular complexity index is 1460. The van der Waals surface area contributed by atoms with Crippen LogP contribution < -0.4 is 5.32 Å². The number of rotatable bonds is 8. The quantitative estimate of drug-likeness (QED) is 0.202. The van der Waals surface area contributed by atoms with Gasteiger partial charge in [0.1, 0.15) is 11.0 Å². The average molecular weight is 588 g/mol. The van der Waals surface area contributed by atoms with E-state index in [4.69, 9.17) is 18.2 Å². The fourth-order valence-electron chi connectivity index (χ4n) is 4.50. The Morgan fingerprint density at radius 3 is 2.03 bits per heavy atom. The van der Waals surface area contributed by atoms with Gasteiger partial charge < -0.3 is 14.6 Å². The zero-order chi connectivity index (χ0) is 28.5. The molecule has 0 saturated heterocycles. The number of benzene rings is 1. The summed E-state index contributed by atoms with van der Waals surface area (Å²) < 4.78 is 20.0. The first-order valence-electron chi connectivity index (χ1n) is 13.1. The molecule has 0 saturated carbocycles. The number of hydrogen-bond acceptors (Lipinski definition) is 9. The molecule has 0 aliphatic heterocycles. The molecule has 7 nitrogen and oxygen atoms in total. The first-order valence-corrected chi connectivity index (χ1v) is 15.5. The topological polar surface area (TPSA) is 93.6 Å². The maximum atomic E-state index is 12.2. The lowest BCUT2D eigenvalue weighted by molar-refractivity contribution is -0.0928. The molecule has 0 aliphatic carbocycles. The summed E-state index contributed by atoms with van der Waals surface area (Å²) in [6, 6.07) is 8.36. The lowest BCUT2D eigenvalue weighted by atomic mass is 9.90. The van der Waals surface area contributed by atoms with Crippen LogP contribution in [0.2, 0.25) is 0 Å². The van der Waals surface area contributed by atoms with Crippen molar-refractivity contribution in [2.75, 3.05) is 18.5 Å². The van der Waals surface area contributed by atoms with Crippen molar-refractivity contribution in [3.8, 4) is 20.9 Å². The second-order valence-corrected chi connectivity index (χ2v) is 14.0. The monoisotopic (exact) mass is 587 g/mol. The highest BCUT2D eigenvalue weighted by Gasteiger charge is 2.27. The molecule has 0 aliphatic rings. The van der Waals surface area contributed by atoms with Gasteiger partial charge in [0.2, 0.25) is 0 Å². The summed E-state index contributed by atoms with van der Waals surface area (Å²) in [5.41, 5.74) is 5.29. The van der Waals surface area contributed by atoms with Gasteiger partial charge >= 0.3 is 6.09 Å². The van der Waals surface area contributed by atoms with Crippen LogP contribution in [0.25, 0.3) is 31.9 Å².